The van der Waals surface area contributed by atoms with Crippen molar-refractivity contribution < 1.29 is 23.9 Å². The van der Waals surface area contributed by atoms with Crippen molar-refractivity contribution >= 4 is 29.5 Å². The molecule has 0 aliphatic carbocycles. The molecule has 0 unspecified atom stereocenters. The van der Waals surface area contributed by atoms with E-state index in [4.69, 9.17) is 9.47 Å². The van der Waals surface area contributed by atoms with Gasteiger partial charge in [0.1, 0.15) is 0 Å². The van der Waals surface area contributed by atoms with E-state index in [2.05, 4.69) is 5.32 Å². The fourth-order valence-electron chi connectivity index (χ4n) is 2.38. The Hall–Kier alpha value is -2.06. The Morgan fingerprint density at radius 2 is 1.92 bits per heavy atom. The SMILES string of the molecule is CC(C)NC(=O)CSc1ccccc1C(=O)OCC(=O)N1CCOCC1. The third-order valence-electron chi connectivity index (χ3n) is 3.61. The lowest BCUT2D eigenvalue weighted by Gasteiger charge is -2.26. The summed E-state index contributed by atoms with van der Waals surface area (Å²) < 4.78 is 10.4. The molecular formula is C18H24N2O5S. The molecule has 26 heavy (non-hydrogen) atoms. The highest BCUT2D eigenvalue weighted by Crippen LogP contribution is 2.23. The number of morpholine rings is 1. The number of carbonyl (C=O) groups is 3. The Morgan fingerprint density at radius 3 is 2.62 bits per heavy atom. The van der Waals surface area contributed by atoms with E-state index in [1.807, 2.05) is 13.8 Å². The van der Waals surface area contributed by atoms with E-state index < -0.39 is 5.97 Å². The topological polar surface area (TPSA) is 84.9 Å². The molecule has 1 saturated heterocycles. The van der Waals surface area contributed by atoms with Gasteiger partial charge in [0.05, 0.1) is 24.5 Å². The van der Waals surface area contributed by atoms with Gasteiger partial charge in [-0.25, -0.2) is 4.79 Å². The first-order chi connectivity index (χ1) is 12.5. The third-order valence-corrected chi connectivity index (χ3v) is 4.68. The van der Waals surface area contributed by atoms with Crippen LogP contribution in [0, 0.1) is 0 Å². The summed E-state index contributed by atoms with van der Waals surface area (Å²) in [5.41, 5.74) is 0.352. The fraction of sp³-hybridized carbons (Fsp3) is 0.500. The standard InChI is InChI=1S/C18H24N2O5S/c1-13(2)19-16(21)12-26-15-6-4-3-5-14(15)18(23)25-11-17(22)20-7-9-24-10-8-20/h3-6,13H,7-12H2,1-2H3,(H,19,21). The molecule has 0 atom stereocenters. The summed E-state index contributed by atoms with van der Waals surface area (Å²) in [6.07, 6.45) is 0. The van der Waals surface area contributed by atoms with Crippen molar-refractivity contribution in [3.05, 3.63) is 29.8 Å². The minimum atomic E-state index is -0.570. The maximum atomic E-state index is 12.3. The van der Waals surface area contributed by atoms with Crippen molar-refractivity contribution in [3.63, 3.8) is 0 Å². The molecule has 1 fully saturated rings. The molecule has 0 spiro atoms. The number of thioether (sulfide) groups is 1. The summed E-state index contributed by atoms with van der Waals surface area (Å²) in [5.74, 6) is -0.701. The number of benzene rings is 1. The van der Waals surface area contributed by atoms with Gasteiger partial charge in [0, 0.05) is 24.0 Å². The van der Waals surface area contributed by atoms with Gasteiger partial charge in [0.2, 0.25) is 5.91 Å². The van der Waals surface area contributed by atoms with Crippen LogP contribution in [0.1, 0.15) is 24.2 Å². The van der Waals surface area contributed by atoms with Crippen LogP contribution in [0.2, 0.25) is 0 Å². The predicted molar refractivity (Wildman–Crippen MR) is 98.1 cm³/mol. The molecule has 142 valence electrons. The normalized spacial score (nSPS) is 14.2. The summed E-state index contributed by atoms with van der Waals surface area (Å²) in [4.78, 5) is 38.5. The zero-order valence-corrected chi connectivity index (χ0v) is 15.8. The quantitative estimate of drug-likeness (QED) is 0.567. The average molecular weight is 380 g/mol. The number of hydrogen-bond donors (Lipinski definition) is 1. The molecule has 8 heteroatoms. The van der Waals surface area contributed by atoms with Crippen molar-refractivity contribution in [1.82, 2.24) is 10.2 Å². The van der Waals surface area contributed by atoms with Crippen LogP contribution in [-0.4, -0.2) is 67.4 Å². The van der Waals surface area contributed by atoms with E-state index in [0.29, 0.717) is 36.8 Å². The molecule has 1 aromatic rings. The second-order valence-corrected chi connectivity index (χ2v) is 7.09. The second kappa shape index (κ2) is 10.2. The molecule has 1 aromatic carbocycles. The van der Waals surface area contributed by atoms with Crippen molar-refractivity contribution in [2.45, 2.75) is 24.8 Å². The first-order valence-electron chi connectivity index (χ1n) is 8.51. The average Bonchev–Trinajstić information content (AvgIpc) is 2.64. The van der Waals surface area contributed by atoms with Gasteiger partial charge in [-0.05, 0) is 26.0 Å². The maximum Gasteiger partial charge on any atom is 0.339 e. The number of rotatable bonds is 7. The number of nitrogens with one attached hydrogen (secondary N) is 1. The van der Waals surface area contributed by atoms with Gasteiger partial charge in [0.25, 0.3) is 5.91 Å². The van der Waals surface area contributed by atoms with Crippen molar-refractivity contribution in [2.75, 3.05) is 38.7 Å². The van der Waals surface area contributed by atoms with E-state index in [1.165, 1.54) is 11.8 Å². The Balaban J connectivity index is 1.89. The van der Waals surface area contributed by atoms with Gasteiger partial charge in [0.15, 0.2) is 6.61 Å². The number of ether oxygens (including phenoxy) is 2. The molecule has 1 heterocycles. The minimum Gasteiger partial charge on any atom is -0.452 e. The van der Waals surface area contributed by atoms with Crippen LogP contribution >= 0.6 is 11.8 Å². The van der Waals surface area contributed by atoms with E-state index in [0.717, 1.165) is 0 Å². The van der Waals surface area contributed by atoms with Crippen LogP contribution < -0.4 is 5.32 Å². The first kappa shape index (κ1) is 20.3. The Labute approximate surface area is 157 Å². The summed E-state index contributed by atoms with van der Waals surface area (Å²) in [5, 5.41) is 2.80. The van der Waals surface area contributed by atoms with Crippen LogP contribution in [0.3, 0.4) is 0 Å². The van der Waals surface area contributed by atoms with Gasteiger partial charge >= 0.3 is 5.97 Å². The molecule has 0 radical (unpaired) electrons. The number of hydrogen-bond acceptors (Lipinski definition) is 6. The lowest BCUT2D eigenvalue weighted by atomic mass is 10.2. The lowest BCUT2D eigenvalue weighted by Crippen LogP contribution is -2.42. The van der Waals surface area contributed by atoms with Crippen LogP contribution in [-0.2, 0) is 19.1 Å². The molecule has 0 bridgehead atoms. The molecule has 2 rings (SSSR count). The number of amides is 2. The highest BCUT2D eigenvalue weighted by Gasteiger charge is 2.20. The fourth-order valence-corrected chi connectivity index (χ4v) is 3.23. The molecule has 1 aliphatic heterocycles. The summed E-state index contributed by atoms with van der Waals surface area (Å²) in [6, 6.07) is 6.96. The smallest absolute Gasteiger partial charge is 0.339 e. The summed E-state index contributed by atoms with van der Waals surface area (Å²) >= 11 is 1.26. The molecule has 1 N–H and O–H groups in total. The molecule has 0 aromatic heterocycles. The van der Waals surface area contributed by atoms with Crippen LogP contribution in [0.4, 0.5) is 0 Å². The summed E-state index contributed by atoms with van der Waals surface area (Å²) in [7, 11) is 0. The van der Waals surface area contributed by atoms with E-state index >= 15 is 0 Å². The first-order valence-corrected chi connectivity index (χ1v) is 9.49. The van der Waals surface area contributed by atoms with Gasteiger partial charge in [-0.2, -0.15) is 0 Å². The summed E-state index contributed by atoms with van der Waals surface area (Å²) in [6.45, 7) is 5.49. The number of carbonyl (C=O) groups excluding carboxylic acids is 3. The third kappa shape index (κ3) is 6.34. The second-order valence-electron chi connectivity index (χ2n) is 6.08. The highest BCUT2D eigenvalue weighted by atomic mass is 32.2. The van der Waals surface area contributed by atoms with Crippen LogP contribution in [0.15, 0.2) is 29.2 Å². The zero-order valence-electron chi connectivity index (χ0n) is 15.0. The monoisotopic (exact) mass is 380 g/mol. The molecular weight excluding hydrogens is 356 g/mol. The molecule has 7 nitrogen and oxygen atoms in total. The van der Waals surface area contributed by atoms with Gasteiger partial charge in [-0.3, -0.25) is 9.59 Å². The van der Waals surface area contributed by atoms with Crippen molar-refractivity contribution in [2.24, 2.45) is 0 Å². The van der Waals surface area contributed by atoms with Gasteiger partial charge in [-0.1, -0.05) is 12.1 Å². The van der Waals surface area contributed by atoms with Crippen molar-refractivity contribution in [3.8, 4) is 0 Å². The molecule has 1 aliphatic rings. The largest absolute Gasteiger partial charge is 0.452 e. The molecule has 2 amide bonds. The molecule has 0 saturated carbocycles. The van der Waals surface area contributed by atoms with Gasteiger partial charge in [-0.15, -0.1) is 11.8 Å². The van der Waals surface area contributed by atoms with Crippen LogP contribution in [0.5, 0.6) is 0 Å². The Bertz CT molecular complexity index is 644. The Kier molecular flexibility index (Phi) is 7.93. The lowest BCUT2D eigenvalue weighted by molar-refractivity contribution is -0.138. The number of nitrogens with zero attached hydrogens (tertiary/aromatic N) is 1. The zero-order chi connectivity index (χ0) is 18.9. The Morgan fingerprint density at radius 1 is 1.23 bits per heavy atom. The highest BCUT2D eigenvalue weighted by molar-refractivity contribution is 8.00. The van der Waals surface area contributed by atoms with Crippen molar-refractivity contribution in [1.29, 1.82) is 0 Å². The van der Waals surface area contributed by atoms with E-state index in [9.17, 15) is 14.4 Å². The maximum absolute atomic E-state index is 12.3. The van der Waals surface area contributed by atoms with Crippen LogP contribution in [0.25, 0.3) is 0 Å². The van der Waals surface area contributed by atoms with E-state index in [1.54, 1.807) is 29.2 Å². The van der Waals surface area contributed by atoms with Gasteiger partial charge < -0.3 is 19.7 Å². The predicted octanol–water partition coefficient (Wildman–Crippen LogP) is 1.32. The number of esters is 1. The minimum absolute atomic E-state index is 0.0644. The van der Waals surface area contributed by atoms with E-state index in [-0.39, 0.29) is 30.2 Å².